The molecule has 2 saturated heterocycles. The van der Waals surface area contributed by atoms with Gasteiger partial charge in [0.1, 0.15) is 17.2 Å². The predicted molar refractivity (Wildman–Crippen MR) is 131 cm³/mol. The number of likely N-dealkylation sites (tertiary alicyclic amines) is 2. The molecule has 5 rings (SSSR count). The summed E-state index contributed by atoms with van der Waals surface area (Å²) < 4.78 is 7.49. The van der Waals surface area contributed by atoms with Crippen LogP contribution in [0.1, 0.15) is 60.5 Å². The monoisotopic (exact) mass is 466 g/mol. The number of ether oxygens (including phenoxy) is 1. The zero-order chi connectivity index (χ0) is 23.5. The normalized spacial score (nSPS) is 19.7. The number of anilines is 2. The molecule has 1 unspecified atom stereocenters. The van der Waals surface area contributed by atoms with Crippen LogP contribution in [0.25, 0.3) is 0 Å². The van der Waals surface area contributed by atoms with Gasteiger partial charge < -0.3 is 25.2 Å². The van der Waals surface area contributed by atoms with Crippen molar-refractivity contribution < 1.29 is 9.53 Å². The Labute approximate surface area is 200 Å². The third-order valence-electron chi connectivity index (χ3n) is 6.59. The largest absolute Gasteiger partial charge is 0.380 e. The molecule has 2 N–H and O–H groups in total. The van der Waals surface area contributed by atoms with Crippen LogP contribution in [0.5, 0.6) is 0 Å². The smallest absolute Gasteiger partial charge is 0.276 e. The number of pyridine rings is 1. The first-order valence-corrected chi connectivity index (χ1v) is 12.4. The Morgan fingerprint density at radius 2 is 1.97 bits per heavy atom. The molecular weight excluding hydrogens is 432 g/mol. The van der Waals surface area contributed by atoms with Gasteiger partial charge in [-0.3, -0.25) is 9.48 Å². The summed E-state index contributed by atoms with van der Waals surface area (Å²) in [7, 11) is 0. The van der Waals surface area contributed by atoms with E-state index >= 15 is 0 Å². The van der Waals surface area contributed by atoms with Crippen molar-refractivity contribution >= 4 is 23.4 Å². The van der Waals surface area contributed by atoms with Crippen LogP contribution in [-0.4, -0.2) is 75.8 Å². The van der Waals surface area contributed by atoms with Crippen molar-refractivity contribution in [2.45, 2.75) is 52.2 Å². The Morgan fingerprint density at radius 1 is 1.21 bits per heavy atom. The van der Waals surface area contributed by atoms with Gasteiger partial charge >= 0.3 is 0 Å². The molecule has 34 heavy (non-hydrogen) atoms. The second-order valence-corrected chi connectivity index (χ2v) is 9.07. The Bertz CT molecular complexity index is 1050. The second-order valence-electron chi connectivity index (χ2n) is 9.07. The molecule has 182 valence electrons. The molecule has 1 amide bonds. The molecule has 0 aliphatic carbocycles. The average molecular weight is 467 g/mol. The van der Waals surface area contributed by atoms with Gasteiger partial charge in [-0.25, -0.2) is 9.98 Å². The predicted octanol–water partition coefficient (Wildman–Crippen LogP) is 2.85. The van der Waals surface area contributed by atoms with Gasteiger partial charge in [-0.2, -0.15) is 5.10 Å². The molecule has 0 saturated carbocycles. The van der Waals surface area contributed by atoms with Gasteiger partial charge in [0.15, 0.2) is 11.9 Å². The topological polar surface area (TPSA) is 99.9 Å². The summed E-state index contributed by atoms with van der Waals surface area (Å²) in [5.41, 5.74) is 3.16. The summed E-state index contributed by atoms with van der Waals surface area (Å²) >= 11 is 0. The molecule has 2 fully saturated rings. The maximum absolute atomic E-state index is 13.5. The molecule has 0 radical (unpaired) electrons. The van der Waals surface area contributed by atoms with Crippen LogP contribution in [0.2, 0.25) is 0 Å². The van der Waals surface area contributed by atoms with Crippen molar-refractivity contribution in [2.24, 2.45) is 4.99 Å². The fourth-order valence-corrected chi connectivity index (χ4v) is 4.83. The quantitative estimate of drug-likeness (QED) is 0.605. The van der Waals surface area contributed by atoms with Gasteiger partial charge in [0.05, 0.1) is 13.2 Å². The molecule has 0 bridgehead atoms. The molecular formula is C24H34N8O2. The van der Waals surface area contributed by atoms with E-state index in [1.54, 1.807) is 6.20 Å². The fourth-order valence-electron chi connectivity index (χ4n) is 4.83. The van der Waals surface area contributed by atoms with E-state index < -0.39 is 6.17 Å². The number of aliphatic imine (C=N–C) groups is 1. The number of nitrogens with one attached hydrogen (secondary N) is 2. The summed E-state index contributed by atoms with van der Waals surface area (Å²) in [6.07, 6.45) is 5.72. The third-order valence-corrected chi connectivity index (χ3v) is 6.59. The zero-order valence-electron chi connectivity index (χ0n) is 20.1. The van der Waals surface area contributed by atoms with Gasteiger partial charge in [-0.15, -0.1) is 0 Å². The highest BCUT2D eigenvalue weighted by atomic mass is 16.5. The molecule has 10 nitrogen and oxygen atoms in total. The number of aromatic nitrogens is 3. The van der Waals surface area contributed by atoms with Crippen molar-refractivity contribution in [1.82, 2.24) is 24.6 Å². The maximum atomic E-state index is 13.5. The number of carbonyl (C=O) groups is 1. The van der Waals surface area contributed by atoms with Crippen LogP contribution in [0.15, 0.2) is 23.3 Å². The molecule has 1 atom stereocenters. The van der Waals surface area contributed by atoms with Crippen LogP contribution >= 0.6 is 0 Å². The number of nitrogens with zero attached hydrogens (tertiary/aromatic N) is 6. The molecule has 3 aliphatic rings. The number of hydrogen-bond donors (Lipinski definition) is 2. The summed E-state index contributed by atoms with van der Waals surface area (Å²) in [6.45, 7) is 9.16. The van der Waals surface area contributed by atoms with Crippen molar-refractivity contribution in [3.8, 4) is 0 Å². The van der Waals surface area contributed by atoms with E-state index in [2.05, 4.69) is 20.5 Å². The van der Waals surface area contributed by atoms with E-state index in [-0.39, 0.29) is 5.91 Å². The minimum absolute atomic E-state index is 0.0217. The summed E-state index contributed by atoms with van der Waals surface area (Å²) in [4.78, 5) is 27.2. The van der Waals surface area contributed by atoms with Crippen LogP contribution in [0.3, 0.4) is 0 Å². The molecule has 5 heterocycles. The van der Waals surface area contributed by atoms with Crippen LogP contribution < -0.4 is 10.6 Å². The van der Waals surface area contributed by atoms with Crippen molar-refractivity contribution in [1.29, 1.82) is 0 Å². The Balaban J connectivity index is 1.55. The minimum Gasteiger partial charge on any atom is -0.380 e. The van der Waals surface area contributed by atoms with Crippen molar-refractivity contribution in [3.63, 3.8) is 0 Å². The average Bonchev–Trinajstić information content (AvgIpc) is 3.60. The second kappa shape index (κ2) is 10.0. The number of hydrogen-bond acceptors (Lipinski definition) is 8. The molecule has 10 heteroatoms. The third kappa shape index (κ3) is 4.59. The Morgan fingerprint density at radius 3 is 2.71 bits per heavy atom. The lowest BCUT2D eigenvalue weighted by molar-refractivity contribution is 0.0786. The molecule has 0 spiro atoms. The molecule has 2 aromatic heterocycles. The molecule has 3 aliphatic heterocycles. The lowest BCUT2D eigenvalue weighted by atomic mass is 10.2. The lowest BCUT2D eigenvalue weighted by Gasteiger charge is -2.29. The Hall–Kier alpha value is -3.14. The van der Waals surface area contributed by atoms with Crippen LogP contribution in [0, 0.1) is 6.92 Å². The lowest BCUT2D eigenvalue weighted by Crippen LogP contribution is -2.39. The van der Waals surface area contributed by atoms with E-state index in [1.807, 2.05) is 35.6 Å². The highest BCUT2D eigenvalue weighted by Crippen LogP contribution is 2.35. The van der Waals surface area contributed by atoms with Crippen molar-refractivity contribution in [2.75, 3.05) is 50.0 Å². The van der Waals surface area contributed by atoms with E-state index in [9.17, 15) is 4.79 Å². The summed E-state index contributed by atoms with van der Waals surface area (Å²) in [5, 5.41) is 11.8. The number of fused-ring (bicyclic) bond motifs is 1. The Kier molecular flexibility index (Phi) is 6.66. The maximum Gasteiger partial charge on any atom is 0.276 e. The molecule has 0 aromatic carbocycles. The number of aryl methyl sites for hydroxylation is 1. The first-order chi connectivity index (χ1) is 16.6. The minimum atomic E-state index is -0.421. The first kappa shape index (κ1) is 22.6. The van der Waals surface area contributed by atoms with E-state index in [0.717, 1.165) is 80.6 Å². The van der Waals surface area contributed by atoms with Crippen LogP contribution in [0.4, 0.5) is 11.5 Å². The molecule has 2 aromatic rings. The number of rotatable bonds is 7. The first-order valence-electron chi connectivity index (χ1n) is 12.4. The number of carbonyl (C=O) groups excluding carboxylic acids is 1. The number of amides is 1. The van der Waals surface area contributed by atoms with E-state index in [1.165, 1.54) is 0 Å². The van der Waals surface area contributed by atoms with E-state index in [4.69, 9.17) is 14.8 Å². The van der Waals surface area contributed by atoms with E-state index in [0.29, 0.717) is 25.5 Å². The van der Waals surface area contributed by atoms with Gasteiger partial charge in [0, 0.05) is 39.0 Å². The van der Waals surface area contributed by atoms with Crippen molar-refractivity contribution in [3.05, 3.63) is 35.3 Å². The standard InChI is InChI=1S/C24H34N8O2/c1-3-34-15-14-32-21-19(20(29-32)23(33)30-10-4-5-11-30)27-24(31-12-6-7-13-31)28-22(21)26-18-16-17(2)8-9-25-18/h8-9,16,22H,3-7,10-15H2,1-2H3,(H,25,26)(H,27,28). The summed E-state index contributed by atoms with van der Waals surface area (Å²) in [5.74, 6) is 1.51. The zero-order valence-corrected chi connectivity index (χ0v) is 20.1. The van der Waals surface area contributed by atoms with Gasteiger partial charge in [-0.05, 0) is 57.2 Å². The SMILES string of the molecule is CCOCCn1nc(C(=O)N2CCCC2)c2c1C(Nc1cc(C)ccn1)N=C(N1CCCC1)N2. The van der Waals surface area contributed by atoms with Gasteiger partial charge in [0.25, 0.3) is 5.91 Å². The summed E-state index contributed by atoms with van der Waals surface area (Å²) in [6, 6.07) is 3.97. The number of guanidine groups is 1. The van der Waals surface area contributed by atoms with Crippen LogP contribution in [-0.2, 0) is 11.3 Å². The highest BCUT2D eigenvalue weighted by molar-refractivity contribution is 6.05. The highest BCUT2D eigenvalue weighted by Gasteiger charge is 2.36. The van der Waals surface area contributed by atoms with Gasteiger partial charge in [-0.1, -0.05) is 0 Å². The van der Waals surface area contributed by atoms with Gasteiger partial charge in [0.2, 0.25) is 5.96 Å². The fraction of sp³-hybridized carbons (Fsp3) is 0.583.